The molecule has 1 aliphatic carbocycles. The SMILES string of the molecule is C.C/C=C\C.CC.CC1=CC2CN(C)CC2CC1. The van der Waals surface area contributed by atoms with E-state index in [1.807, 2.05) is 39.8 Å². The molecule has 1 saturated heterocycles. The lowest BCUT2D eigenvalue weighted by Crippen LogP contribution is -2.14. The first kappa shape index (κ1) is 19.8. The molecule has 0 spiro atoms. The first-order chi connectivity index (χ1) is 8.17. The summed E-state index contributed by atoms with van der Waals surface area (Å²) in [4.78, 5) is 2.46. The van der Waals surface area contributed by atoms with Gasteiger partial charge in [-0.2, -0.15) is 0 Å². The van der Waals surface area contributed by atoms with Crippen molar-refractivity contribution in [1.82, 2.24) is 4.90 Å². The Balaban J connectivity index is 0. The third-order valence-corrected chi connectivity index (χ3v) is 3.42. The van der Waals surface area contributed by atoms with Gasteiger partial charge >= 0.3 is 0 Å². The van der Waals surface area contributed by atoms with Crippen LogP contribution in [-0.4, -0.2) is 25.0 Å². The molecule has 1 fully saturated rings. The minimum absolute atomic E-state index is 0. The molecule has 0 aromatic rings. The highest BCUT2D eigenvalue weighted by atomic mass is 15.1. The molecular weight excluding hydrogens is 218 g/mol. The average molecular weight is 253 g/mol. The van der Waals surface area contributed by atoms with E-state index >= 15 is 0 Å². The predicted octanol–water partition coefficient (Wildman–Crippen LogP) is 5.15. The second-order valence-electron chi connectivity index (χ2n) is 4.86. The van der Waals surface area contributed by atoms with E-state index < -0.39 is 0 Å². The van der Waals surface area contributed by atoms with Gasteiger partial charge in [0.2, 0.25) is 0 Å². The third kappa shape index (κ3) is 7.00. The van der Waals surface area contributed by atoms with Crippen LogP contribution in [0.1, 0.15) is 54.9 Å². The van der Waals surface area contributed by atoms with Crippen LogP contribution >= 0.6 is 0 Å². The molecule has 0 bridgehead atoms. The van der Waals surface area contributed by atoms with Crippen molar-refractivity contribution in [3.05, 3.63) is 23.8 Å². The fourth-order valence-corrected chi connectivity index (χ4v) is 2.48. The topological polar surface area (TPSA) is 3.24 Å². The van der Waals surface area contributed by atoms with E-state index in [0.717, 1.165) is 11.8 Å². The van der Waals surface area contributed by atoms with Gasteiger partial charge in [-0.1, -0.05) is 45.1 Å². The molecule has 2 rings (SSSR count). The van der Waals surface area contributed by atoms with Crippen molar-refractivity contribution >= 4 is 0 Å². The highest BCUT2D eigenvalue weighted by molar-refractivity contribution is 5.10. The normalized spacial score (nSPS) is 26.0. The Kier molecular flexibility index (Phi) is 12.7. The van der Waals surface area contributed by atoms with Crippen LogP contribution in [0.15, 0.2) is 23.8 Å². The zero-order chi connectivity index (χ0) is 13.3. The molecule has 0 saturated carbocycles. The van der Waals surface area contributed by atoms with Gasteiger partial charge in [0.15, 0.2) is 0 Å². The summed E-state index contributed by atoms with van der Waals surface area (Å²) in [6, 6.07) is 0. The summed E-state index contributed by atoms with van der Waals surface area (Å²) >= 11 is 0. The lowest BCUT2D eigenvalue weighted by atomic mass is 9.84. The van der Waals surface area contributed by atoms with Crippen molar-refractivity contribution in [1.29, 1.82) is 0 Å². The zero-order valence-corrected chi connectivity index (χ0v) is 12.7. The number of allylic oxidation sites excluding steroid dienone is 3. The molecular formula is C17H35N. The molecule has 1 nitrogen and oxygen atoms in total. The van der Waals surface area contributed by atoms with Crippen LogP contribution in [0.2, 0.25) is 0 Å². The Morgan fingerprint density at radius 2 is 1.72 bits per heavy atom. The molecule has 18 heavy (non-hydrogen) atoms. The number of fused-ring (bicyclic) bond motifs is 1. The molecule has 2 aliphatic rings. The van der Waals surface area contributed by atoms with Crippen molar-refractivity contribution in [2.75, 3.05) is 20.1 Å². The number of hydrogen-bond acceptors (Lipinski definition) is 1. The van der Waals surface area contributed by atoms with E-state index in [4.69, 9.17) is 0 Å². The fraction of sp³-hybridized carbons (Fsp3) is 0.765. The van der Waals surface area contributed by atoms with Gasteiger partial charge in [0.05, 0.1) is 0 Å². The molecule has 0 radical (unpaired) electrons. The summed E-state index contributed by atoms with van der Waals surface area (Å²) in [6.45, 7) is 12.9. The lowest BCUT2D eigenvalue weighted by Gasteiger charge is -2.21. The molecule has 0 aromatic heterocycles. The maximum atomic E-state index is 2.50. The molecule has 0 N–H and O–H groups in total. The van der Waals surface area contributed by atoms with Crippen molar-refractivity contribution in [2.24, 2.45) is 11.8 Å². The van der Waals surface area contributed by atoms with Crippen LogP contribution in [-0.2, 0) is 0 Å². The smallest absolute Gasteiger partial charge is 0.00446 e. The zero-order valence-electron chi connectivity index (χ0n) is 12.7. The lowest BCUT2D eigenvalue weighted by molar-refractivity contribution is 0.386. The molecule has 1 aliphatic heterocycles. The van der Waals surface area contributed by atoms with Gasteiger partial charge in [-0.15, -0.1) is 0 Å². The Bertz CT molecular complexity index is 236. The second-order valence-corrected chi connectivity index (χ2v) is 4.86. The van der Waals surface area contributed by atoms with Crippen LogP contribution in [0.5, 0.6) is 0 Å². The molecule has 1 heteroatoms. The summed E-state index contributed by atoms with van der Waals surface area (Å²) < 4.78 is 0. The van der Waals surface area contributed by atoms with Crippen LogP contribution < -0.4 is 0 Å². The van der Waals surface area contributed by atoms with E-state index in [2.05, 4.69) is 24.9 Å². The van der Waals surface area contributed by atoms with Crippen LogP contribution in [0.3, 0.4) is 0 Å². The highest BCUT2D eigenvalue weighted by Gasteiger charge is 2.30. The molecule has 108 valence electrons. The number of rotatable bonds is 0. The quantitative estimate of drug-likeness (QED) is 0.540. The van der Waals surface area contributed by atoms with Gasteiger partial charge < -0.3 is 4.90 Å². The van der Waals surface area contributed by atoms with Crippen molar-refractivity contribution in [2.45, 2.75) is 54.9 Å². The van der Waals surface area contributed by atoms with E-state index in [-0.39, 0.29) is 7.43 Å². The number of likely N-dealkylation sites (tertiary alicyclic amines) is 1. The number of hydrogen-bond donors (Lipinski definition) is 0. The first-order valence-electron chi connectivity index (χ1n) is 7.10. The van der Waals surface area contributed by atoms with Gasteiger partial charge in [0, 0.05) is 13.1 Å². The summed E-state index contributed by atoms with van der Waals surface area (Å²) in [5.74, 6) is 1.86. The van der Waals surface area contributed by atoms with Crippen LogP contribution in [0.4, 0.5) is 0 Å². The van der Waals surface area contributed by atoms with Crippen LogP contribution in [0.25, 0.3) is 0 Å². The largest absolute Gasteiger partial charge is 0.305 e. The summed E-state index contributed by atoms with van der Waals surface area (Å²) in [6.07, 6.45) is 9.27. The van der Waals surface area contributed by atoms with E-state index in [0.29, 0.717) is 0 Å². The fourth-order valence-electron chi connectivity index (χ4n) is 2.48. The minimum atomic E-state index is 0. The molecule has 2 unspecified atom stereocenters. The maximum absolute atomic E-state index is 2.50. The summed E-state index contributed by atoms with van der Waals surface area (Å²) in [7, 11) is 2.24. The van der Waals surface area contributed by atoms with Gasteiger partial charge in [-0.05, 0) is 52.5 Å². The van der Waals surface area contributed by atoms with Crippen LogP contribution in [0, 0.1) is 11.8 Å². The minimum Gasteiger partial charge on any atom is -0.305 e. The van der Waals surface area contributed by atoms with Gasteiger partial charge in [0.25, 0.3) is 0 Å². The Hall–Kier alpha value is -0.560. The average Bonchev–Trinajstić information content (AvgIpc) is 2.71. The van der Waals surface area contributed by atoms with Crippen molar-refractivity contribution < 1.29 is 0 Å². The second kappa shape index (κ2) is 11.5. The van der Waals surface area contributed by atoms with Gasteiger partial charge in [-0.25, -0.2) is 0 Å². The predicted molar refractivity (Wildman–Crippen MR) is 86.0 cm³/mol. The Labute approximate surface area is 116 Å². The molecule has 2 atom stereocenters. The van der Waals surface area contributed by atoms with E-state index in [1.54, 1.807) is 5.57 Å². The van der Waals surface area contributed by atoms with Crippen molar-refractivity contribution in [3.63, 3.8) is 0 Å². The van der Waals surface area contributed by atoms with Crippen molar-refractivity contribution in [3.8, 4) is 0 Å². The molecule has 1 heterocycles. The Morgan fingerprint density at radius 3 is 2.22 bits per heavy atom. The van der Waals surface area contributed by atoms with E-state index in [9.17, 15) is 0 Å². The van der Waals surface area contributed by atoms with E-state index in [1.165, 1.54) is 25.9 Å². The molecule has 0 aromatic carbocycles. The standard InChI is InChI=1S/C10H17N.C4H8.C2H6.CH4/c1-8-3-4-9-6-11(2)7-10(9)5-8;1-3-4-2;1-2;/h5,9-10H,3-4,6-7H2,1-2H3;3-4H,1-2H3;1-2H3;1H4/b;4-3-;;. The first-order valence-corrected chi connectivity index (χ1v) is 7.10. The van der Waals surface area contributed by atoms with Gasteiger partial charge in [0.1, 0.15) is 0 Å². The highest BCUT2D eigenvalue weighted by Crippen LogP contribution is 2.33. The maximum Gasteiger partial charge on any atom is 0.00446 e. The molecule has 0 amide bonds. The third-order valence-electron chi connectivity index (χ3n) is 3.42. The summed E-state index contributed by atoms with van der Waals surface area (Å²) in [5.41, 5.74) is 1.61. The Morgan fingerprint density at radius 1 is 1.17 bits per heavy atom. The number of nitrogens with zero attached hydrogens (tertiary/aromatic N) is 1. The summed E-state index contributed by atoms with van der Waals surface area (Å²) in [5, 5.41) is 0. The monoisotopic (exact) mass is 253 g/mol. The van der Waals surface area contributed by atoms with Gasteiger partial charge in [-0.3, -0.25) is 0 Å².